The van der Waals surface area contributed by atoms with Crippen molar-refractivity contribution in [2.75, 3.05) is 0 Å². The number of rotatable bonds is 5. The van der Waals surface area contributed by atoms with Crippen LogP contribution in [0.5, 0.6) is 0 Å². The molecule has 10 aromatic rings. The van der Waals surface area contributed by atoms with Crippen LogP contribution in [0.4, 0.5) is 0 Å². The first kappa shape index (κ1) is 28.3. The summed E-state index contributed by atoms with van der Waals surface area (Å²) in [5, 5.41) is 4.34. The molecule has 0 fully saturated rings. The summed E-state index contributed by atoms with van der Waals surface area (Å²) in [4.78, 5) is 10.0. The van der Waals surface area contributed by atoms with Crippen LogP contribution in [0.3, 0.4) is 0 Å². The molecule has 0 N–H and O–H groups in total. The smallest absolute Gasteiger partial charge is 0.160 e. The van der Waals surface area contributed by atoms with Crippen molar-refractivity contribution in [3.05, 3.63) is 170 Å². The van der Waals surface area contributed by atoms with Crippen molar-refractivity contribution in [3.63, 3.8) is 0 Å². The molecular formula is C46H28N2O2. The standard InChI is InChI=1S/C46H28N2O2/c1-4-10-29(11-5-1)32-18-22-42-38(24-32)36-20-16-34(26-44(36)49-42)33-19-23-43-39(25-33)37-21-17-35(27-45(37)50-43)46-47-40(30-12-6-2-7-13-30)28-41(48-46)31-14-8-3-9-15-31/h1-28H. The van der Waals surface area contributed by atoms with Crippen molar-refractivity contribution >= 4 is 43.9 Å². The predicted molar refractivity (Wildman–Crippen MR) is 204 cm³/mol. The zero-order valence-electron chi connectivity index (χ0n) is 26.9. The fourth-order valence-corrected chi connectivity index (χ4v) is 6.95. The van der Waals surface area contributed by atoms with Crippen LogP contribution >= 0.6 is 0 Å². The van der Waals surface area contributed by atoms with Crippen LogP contribution < -0.4 is 0 Å². The minimum atomic E-state index is 0.656. The van der Waals surface area contributed by atoms with Crippen LogP contribution in [0, 0.1) is 0 Å². The first-order chi connectivity index (χ1) is 24.7. The van der Waals surface area contributed by atoms with Gasteiger partial charge in [-0.1, -0.05) is 115 Å². The molecule has 4 nitrogen and oxygen atoms in total. The van der Waals surface area contributed by atoms with E-state index in [0.29, 0.717) is 5.82 Å². The van der Waals surface area contributed by atoms with E-state index >= 15 is 0 Å². The third-order valence-electron chi connectivity index (χ3n) is 9.51. The van der Waals surface area contributed by atoms with Gasteiger partial charge in [-0.25, -0.2) is 9.97 Å². The van der Waals surface area contributed by atoms with E-state index in [1.165, 1.54) is 11.1 Å². The number of benzene rings is 7. The zero-order valence-corrected chi connectivity index (χ0v) is 26.9. The summed E-state index contributed by atoms with van der Waals surface area (Å²) in [5.74, 6) is 0.656. The van der Waals surface area contributed by atoms with Gasteiger partial charge in [0.1, 0.15) is 22.3 Å². The first-order valence-electron chi connectivity index (χ1n) is 16.7. The molecule has 3 aromatic heterocycles. The van der Waals surface area contributed by atoms with Gasteiger partial charge in [0.15, 0.2) is 5.82 Å². The monoisotopic (exact) mass is 640 g/mol. The summed E-state index contributed by atoms with van der Waals surface area (Å²) in [6, 6.07) is 58.5. The number of furan rings is 2. The highest BCUT2D eigenvalue weighted by Gasteiger charge is 2.15. The van der Waals surface area contributed by atoms with Crippen LogP contribution in [0.2, 0.25) is 0 Å². The second kappa shape index (κ2) is 11.4. The van der Waals surface area contributed by atoms with Gasteiger partial charge in [0, 0.05) is 38.2 Å². The van der Waals surface area contributed by atoms with Crippen LogP contribution in [-0.2, 0) is 0 Å². The minimum Gasteiger partial charge on any atom is -0.456 e. The molecule has 0 amide bonds. The van der Waals surface area contributed by atoms with Gasteiger partial charge in [0.25, 0.3) is 0 Å². The Morgan fingerprint density at radius 3 is 1.24 bits per heavy atom. The summed E-state index contributed by atoms with van der Waals surface area (Å²) in [5.41, 5.74) is 12.7. The molecule has 4 heteroatoms. The van der Waals surface area contributed by atoms with E-state index in [1.54, 1.807) is 0 Å². The van der Waals surface area contributed by atoms with Crippen molar-refractivity contribution < 1.29 is 8.83 Å². The van der Waals surface area contributed by atoms with Crippen molar-refractivity contribution in [3.8, 4) is 56.2 Å². The van der Waals surface area contributed by atoms with E-state index in [0.717, 1.165) is 83.1 Å². The van der Waals surface area contributed by atoms with Gasteiger partial charge in [-0.2, -0.15) is 0 Å². The van der Waals surface area contributed by atoms with Crippen LogP contribution in [0.1, 0.15) is 0 Å². The number of hydrogen-bond acceptors (Lipinski definition) is 4. The lowest BCUT2D eigenvalue weighted by Crippen LogP contribution is -1.95. The lowest BCUT2D eigenvalue weighted by molar-refractivity contribution is 0.669. The maximum absolute atomic E-state index is 6.42. The fourth-order valence-electron chi connectivity index (χ4n) is 6.95. The second-order valence-corrected chi connectivity index (χ2v) is 12.6. The molecule has 10 rings (SSSR count). The summed E-state index contributed by atoms with van der Waals surface area (Å²) in [6.45, 7) is 0. The van der Waals surface area contributed by atoms with E-state index in [4.69, 9.17) is 18.8 Å². The summed E-state index contributed by atoms with van der Waals surface area (Å²) >= 11 is 0. The van der Waals surface area contributed by atoms with Crippen molar-refractivity contribution in [1.29, 1.82) is 0 Å². The van der Waals surface area contributed by atoms with Gasteiger partial charge in [0.2, 0.25) is 0 Å². The average molecular weight is 641 g/mol. The predicted octanol–water partition coefficient (Wildman–Crippen LogP) is 12.6. The number of hydrogen-bond donors (Lipinski definition) is 0. The van der Waals surface area contributed by atoms with E-state index in [9.17, 15) is 0 Å². The van der Waals surface area contributed by atoms with Gasteiger partial charge in [-0.15, -0.1) is 0 Å². The zero-order chi connectivity index (χ0) is 33.0. The second-order valence-electron chi connectivity index (χ2n) is 12.6. The summed E-state index contributed by atoms with van der Waals surface area (Å²) < 4.78 is 12.8. The third-order valence-corrected chi connectivity index (χ3v) is 9.51. The molecule has 0 aliphatic heterocycles. The van der Waals surface area contributed by atoms with Crippen molar-refractivity contribution in [2.45, 2.75) is 0 Å². The maximum Gasteiger partial charge on any atom is 0.160 e. The molecule has 0 aliphatic carbocycles. The van der Waals surface area contributed by atoms with E-state index in [-0.39, 0.29) is 0 Å². The van der Waals surface area contributed by atoms with E-state index < -0.39 is 0 Å². The van der Waals surface area contributed by atoms with Gasteiger partial charge in [-0.3, -0.25) is 0 Å². The normalized spacial score (nSPS) is 11.6. The Morgan fingerprint density at radius 1 is 0.280 bits per heavy atom. The Labute approximate surface area is 287 Å². The van der Waals surface area contributed by atoms with E-state index in [2.05, 4.69) is 127 Å². The molecule has 7 aromatic carbocycles. The molecule has 0 aliphatic rings. The topological polar surface area (TPSA) is 52.1 Å². The van der Waals surface area contributed by atoms with Crippen molar-refractivity contribution in [1.82, 2.24) is 9.97 Å². The van der Waals surface area contributed by atoms with Gasteiger partial charge in [0.05, 0.1) is 11.4 Å². The molecule has 0 atom stereocenters. The summed E-state index contributed by atoms with van der Waals surface area (Å²) in [6.07, 6.45) is 0. The van der Waals surface area contributed by atoms with Crippen LogP contribution in [0.15, 0.2) is 179 Å². The largest absolute Gasteiger partial charge is 0.456 e. The average Bonchev–Trinajstić information content (AvgIpc) is 3.75. The summed E-state index contributed by atoms with van der Waals surface area (Å²) in [7, 11) is 0. The Bertz CT molecular complexity index is 2800. The number of fused-ring (bicyclic) bond motifs is 6. The SMILES string of the molecule is c1ccc(-c2ccc3oc4cc(-c5ccc6oc7cc(-c8nc(-c9ccccc9)cc(-c9ccccc9)n8)ccc7c6c5)ccc4c3c2)cc1. The molecule has 234 valence electrons. The Hall–Kier alpha value is -6.78. The Kier molecular flexibility index (Phi) is 6.46. The highest BCUT2D eigenvalue weighted by Crippen LogP contribution is 2.38. The molecule has 0 saturated carbocycles. The molecular weight excluding hydrogens is 613 g/mol. The highest BCUT2D eigenvalue weighted by atomic mass is 16.3. The molecule has 0 radical (unpaired) electrons. The third kappa shape index (κ3) is 4.85. The first-order valence-corrected chi connectivity index (χ1v) is 16.7. The quantitative estimate of drug-likeness (QED) is 0.188. The van der Waals surface area contributed by atoms with Gasteiger partial charge >= 0.3 is 0 Å². The molecule has 0 spiro atoms. The maximum atomic E-state index is 6.42. The van der Waals surface area contributed by atoms with Crippen molar-refractivity contribution in [2.24, 2.45) is 0 Å². The van der Waals surface area contributed by atoms with E-state index in [1.807, 2.05) is 42.5 Å². The molecule has 0 bridgehead atoms. The minimum absolute atomic E-state index is 0.656. The van der Waals surface area contributed by atoms with Gasteiger partial charge < -0.3 is 8.83 Å². The Morgan fingerprint density at radius 2 is 0.700 bits per heavy atom. The van der Waals surface area contributed by atoms with Crippen LogP contribution in [0.25, 0.3) is 100 Å². The lowest BCUT2D eigenvalue weighted by atomic mass is 10.00. The van der Waals surface area contributed by atoms with Gasteiger partial charge in [-0.05, 0) is 76.9 Å². The Balaban J connectivity index is 1.03. The number of nitrogens with zero attached hydrogens (tertiary/aromatic N) is 2. The molecule has 3 heterocycles. The van der Waals surface area contributed by atoms with Crippen LogP contribution in [-0.4, -0.2) is 9.97 Å². The highest BCUT2D eigenvalue weighted by molar-refractivity contribution is 6.09. The molecule has 0 saturated heterocycles. The molecule has 50 heavy (non-hydrogen) atoms. The number of aromatic nitrogens is 2. The lowest BCUT2D eigenvalue weighted by Gasteiger charge is -2.09. The molecule has 0 unspecified atom stereocenters. The fraction of sp³-hybridized carbons (Fsp3) is 0.